The van der Waals surface area contributed by atoms with E-state index < -0.39 is 0 Å². The normalized spacial score (nSPS) is 13.3. The van der Waals surface area contributed by atoms with Crippen LogP contribution >= 0.6 is 0 Å². The van der Waals surface area contributed by atoms with Crippen LogP contribution in [0.2, 0.25) is 0 Å². The number of amides is 1. The Bertz CT molecular complexity index is 819. The number of nitriles is 1. The van der Waals surface area contributed by atoms with E-state index in [2.05, 4.69) is 27.3 Å². The highest BCUT2D eigenvalue weighted by atomic mass is 16.2. The lowest BCUT2D eigenvalue weighted by Crippen LogP contribution is -2.30. The standard InChI is InChI=1S/C20H23N5O/c1-15-11-17(25-9-3-4-10-25)6-7-18(15)23-20(26)14-24(2)19-8-5-16(12-21)13-22-19/h5-8,11,13H,3-4,9-10,14H2,1-2H3,(H,23,26). The Morgan fingerprint density at radius 3 is 2.69 bits per heavy atom. The Kier molecular flexibility index (Phi) is 5.37. The van der Waals surface area contributed by atoms with Gasteiger partial charge in [-0.3, -0.25) is 4.79 Å². The van der Waals surface area contributed by atoms with Crippen molar-refractivity contribution < 1.29 is 4.79 Å². The number of nitrogens with zero attached hydrogens (tertiary/aromatic N) is 4. The van der Waals surface area contributed by atoms with Crippen LogP contribution in [0.4, 0.5) is 17.2 Å². The van der Waals surface area contributed by atoms with Gasteiger partial charge in [0.05, 0.1) is 12.1 Å². The van der Waals surface area contributed by atoms with Gasteiger partial charge < -0.3 is 15.1 Å². The zero-order valence-electron chi connectivity index (χ0n) is 15.2. The highest BCUT2D eigenvalue weighted by Crippen LogP contribution is 2.25. The topological polar surface area (TPSA) is 72.3 Å². The van der Waals surface area contributed by atoms with E-state index in [0.29, 0.717) is 11.4 Å². The molecule has 0 radical (unpaired) electrons. The number of likely N-dealkylation sites (N-methyl/N-ethyl adjacent to an activating group) is 1. The van der Waals surface area contributed by atoms with Crippen molar-refractivity contribution in [2.45, 2.75) is 19.8 Å². The van der Waals surface area contributed by atoms with E-state index in [1.807, 2.05) is 19.1 Å². The molecule has 0 unspecified atom stereocenters. The summed E-state index contributed by atoms with van der Waals surface area (Å²) in [5, 5.41) is 11.8. The average Bonchev–Trinajstić information content (AvgIpc) is 3.18. The summed E-state index contributed by atoms with van der Waals surface area (Å²) < 4.78 is 0. The van der Waals surface area contributed by atoms with Crippen molar-refractivity contribution >= 4 is 23.1 Å². The number of benzene rings is 1. The lowest BCUT2D eigenvalue weighted by atomic mass is 10.1. The number of hydrogen-bond donors (Lipinski definition) is 1. The predicted molar refractivity (Wildman–Crippen MR) is 103 cm³/mol. The SMILES string of the molecule is Cc1cc(N2CCCC2)ccc1NC(=O)CN(C)c1ccc(C#N)cn1. The molecule has 1 saturated heterocycles. The summed E-state index contributed by atoms with van der Waals surface area (Å²) in [6.45, 7) is 4.41. The van der Waals surface area contributed by atoms with Crippen molar-refractivity contribution in [1.29, 1.82) is 5.26 Å². The summed E-state index contributed by atoms with van der Waals surface area (Å²) in [4.78, 5) is 20.7. The maximum atomic E-state index is 12.4. The highest BCUT2D eigenvalue weighted by molar-refractivity contribution is 5.94. The van der Waals surface area contributed by atoms with Gasteiger partial charge in [-0.2, -0.15) is 5.26 Å². The monoisotopic (exact) mass is 349 g/mol. The molecule has 1 aliphatic rings. The summed E-state index contributed by atoms with van der Waals surface area (Å²) in [6.07, 6.45) is 3.99. The Morgan fingerprint density at radius 1 is 1.31 bits per heavy atom. The molecular formula is C20H23N5O. The van der Waals surface area contributed by atoms with Crippen molar-refractivity contribution in [1.82, 2.24) is 4.98 Å². The number of pyridine rings is 1. The molecule has 6 nitrogen and oxygen atoms in total. The van der Waals surface area contributed by atoms with E-state index in [4.69, 9.17) is 5.26 Å². The fourth-order valence-corrected chi connectivity index (χ4v) is 3.12. The molecule has 6 heteroatoms. The van der Waals surface area contributed by atoms with Gasteiger partial charge in [0.2, 0.25) is 5.91 Å². The van der Waals surface area contributed by atoms with Crippen molar-refractivity contribution in [3.63, 3.8) is 0 Å². The van der Waals surface area contributed by atoms with E-state index >= 15 is 0 Å². The number of carbonyl (C=O) groups is 1. The quantitative estimate of drug-likeness (QED) is 0.898. The second kappa shape index (κ2) is 7.87. The zero-order valence-corrected chi connectivity index (χ0v) is 15.2. The molecular weight excluding hydrogens is 326 g/mol. The number of carbonyl (C=O) groups excluding carboxylic acids is 1. The Balaban J connectivity index is 1.61. The van der Waals surface area contributed by atoms with Gasteiger partial charge in [-0.1, -0.05) is 0 Å². The molecule has 0 atom stereocenters. The molecule has 1 N–H and O–H groups in total. The number of hydrogen-bond acceptors (Lipinski definition) is 5. The first-order chi connectivity index (χ1) is 12.6. The number of nitrogens with one attached hydrogen (secondary N) is 1. The fourth-order valence-electron chi connectivity index (χ4n) is 3.12. The molecule has 0 spiro atoms. The molecule has 1 aromatic heterocycles. The molecule has 26 heavy (non-hydrogen) atoms. The minimum absolute atomic E-state index is 0.101. The van der Waals surface area contributed by atoms with Crippen molar-refractivity contribution in [2.24, 2.45) is 0 Å². The molecule has 1 amide bonds. The van der Waals surface area contributed by atoms with Gasteiger partial charge >= 0.3 is 0 Å². The number of aromatic nitrogens is 1. The first-order valence-corrected chi connectivity index (χ1v) is 8.79. The van der Waals surface area contributed by atoms with E-state index in [-0.39, 0.29) is 12.5 Å². The molecule has 1 fully saturated rings. The third kappa shape index (κ3) is 4.12. The molecule has 2 aromatic rings. The van der Waals surface area contributed by atoms with Gasteiger partial charge in [0.1, 0.15) is 11.9 Å². The van der Waals surface area contributed by atoms with Gasteiger partial charge in [0.25, 0.3) is 0 Å². The lowest BCUT2D eigenvalue weighted by Gasteiger charge is -2.20. The third-order valence-electron chi connectivity index (χ3n) is 4.60. The van der Waals surface area contributed by atoms with Crippen LogP contribution in [0.1, 0.15) is 24.0 Å². The first kappa shape index (κ1) is 17.7. The molecule has 3 rings (SSSR count). The van der Waals surface area contributed by atoms with Crippen LogP contribution in [-0.2, 0) is 4.79 Å². The number of rotatable bonds is 5. The summed E-state index contributed by atoms with van der Waals surface area (Å²) in [5.41, 5.74) is 3.61. The second-order valence-electron chi connectivity index (χ2n) is 6.61. The summed E-state index contributed by atoms with van der Waals surface area (Å²) >= 11 is 0. The number of anilines is 3. The molecule has 2 heterocycles. The average molecular weight is 349 g/mol. The Hall–Kier alpha value is -3.07. The third-order valence-corrected chi connectivity index (χ3v) is 4.60. The Labute approximate surface area is 154 Å². The van der Waals surface area contributed by atoms with Crippen LogP contribution in [0.3, 0.4) is 0 Å². The molecule has 0 saturated carbocycles. The number of aryl methyl sites for hydroxylation is 1. The minimum Gasteiger partial charge on any atom is -0.372 e. The Morgan fingerprint density at radius 2 is 2.08 bits per heavy atom. The maximum Gasteiger partial charge on any atom is 0.243 e. The zero-order chi connectivity index (χ0) is 18.5. The van der Waals surface area contributed by atoms with Gasteiger partial charge in [0, 0.05) is 37.7 Å². The van der Waals surface area contributed by atoms with Crippen LogP contribution in [0, 0.1) is 18.3 Å². The van der Waals surface area contributed by atoms with Gasteiger partial charge in [-0.25, -0.2) is 4.98 Å². The summed E-state index contributed by atoms with van der Waals surface area (Å²) in [7, 11) is 1.80. The lowest BCUT2D eigenvalue weighted by molar-refractivity contribution is -0.114. The fraction of sp³-hybridized carbons (Fsp3) is 0.350. The van der Waals surface area contributed by atoms with Crippen LogP contribution < -0.4 is 15.1 Å². The second-order valence-corrected chi connectivity index (χ2v) is 6.61. The van der Waals surface area contributed by atoms with Gasteiger partial charge in [-0.05, 0) is 55.7 Å². The largest absolute Gasteiger partial charge is 0.372 e. The van der Waals surface area contributed by atoms with Crippen molar-refractivity contribution in [3.8, 4) is 6.07 Å². The van der Waals surface area contributed by atoms with E-state index in [1.54, 1.807) is 24.1 Å². The van der Waals surface area contributed by atoms with E-state index in [1.165, 1.54) is 24.7 Å². The first-order valence-electron chi connectivity index (χ1n) is 8.79. The smallest absolute Gasteiger partial charge is 0.243 e. The summed E-state index contributed by atoms with van der Waals surface area (Å²) in [6, 6.07) is 11.6. The highest BCUT2D eigenvalue weighted by Gasteiger charge is 2.14. The predicted octanol–water partition coefficient (Wildman–Crippen LogP) is 2.94. The van der Waals surface area contributed by atoms with Crippen LogP contribution in [0.15, 0.2) is 36.5 Å². The van der Waals surface area contributed by atoms with Crippen molar-refractivity contribution in [2.75, 3.05) is 41.8 Å². The molecule has 1 aromatic carbocycles. The molecule has 134 valence electrons. The minimum atomic E-state index is -0.101. The summed E-state index contributed by atoms with van der Waals surface area (Å²) in [5.74, 6) is 0.552. The molecule has 0 aliphatic carbocycles. The van der Waals surface area contributed by atoms with Crippen LogP contribution in [0.5, 0.6) is 0 Å². The van der Waals surface area contributed by atoms with Gasteiger partial charge in [-0.15, -0.1) is 0 Å². The van der Waals surface area contributed by atoms with Crippen LogP contribution in [0.25, 0.3) is 0 Å². The molecule has 0 bridgehead atoms. The van der Waals surface area contributed by atoms with E-state index in [0.717, 1.165) is 24.3 Å². The maximum absolute atomic E-state index is 12.4. The molecule has 1 aliphatic heterocycles. The van der Waals surface area contributed by atoms with Crippen LogP contribution in [-0.4, -0.2) is 37.6 Å². The van der Waals surface area contributed by atoms with Crippen molar-refractivity contribution in [3.05, 3.63) is 47.7 Å². The van der Waals surface area contributed by atoms with E-state index in [9.17, 15) is 4.79 Å². The van der Waals surface area contributed by atoms with Gasteiger partial charge in [0.15, 0.2) is 0 Å².